The predicted molar refractivity (Wildman–Crippen MR) is 104 cm³/mol. The maximum atomic E-state index is 11.5. The number of aliphatic hydroxyl groups is 1. The summed E-state index contributed by atoms with van der Waals surface area (Å²) in [7, 11) is 0. The Morgan fingerprint density at radius 2 is 1.04 bits per heavy atom. The van der Waals surface area contributed by atoms with E-state index in [0.717, 1.165) is 12.2 Å². The third-order valence-electron chi connectivity index (χ3n) is 4.40. The van der Waals surface area contributed by atoms with Gasteiger partial charge in [-0.3, -0.25) is 0 Å². The lowest BCUT2D eigenvalue weighted by Crippen LogP contribution is -2.20. The molecule has 2 atom stereocenters. The van der Waals surface area contributed by atoms with E-state index in [2.05, 4.69) is 6.92 Å². The number of aliphatic hydroxyl groups excluding tert-OH is 1. The third kappa shape index (κ3) is 20.2. The highest BCUT2D eigenvalue weighted by Gasteiger charge is 2.09. The Morgan fingerprint density at radius 1 is 0.696 bits per heavy atom. The van der Waals surface area contributed by atoms with Crippen LogP contribution in [0.25, 0.3) is 0 Å². The van der Waals surface area contributed by atoms with Crippen molar-refractivity contribution >= 4 is 11.2 Å². The monoisotopic (exact) mass is 346 g/mol. The van der Waals surface area contributed by atoms with E-state index < -0.39 is 17.3 Å². The molecule has 2 nitrogen and oxygen atoms in total. The van der Waals surface area contributed by atoms with Crippen molar-refractivity contribution in [2.24, 2.45) is 0 Å². The second kappa shape index (κ2) is 18.6. The number of hydrogen-bond donors (Lipinski definition) is 1. The van der Waals surface area contributed by atoms with Gasteiger partial charge < -0.3 is 9.66 Å². The van der Waals surface area contributed by atoms with Gasteiger partial charge in [-0.25, -0.2) is 0 Å². The Hall–Kier alpha value is 0.270. The molecule has 0 aliphatic heterocycles. The summed E-state index contributed by atoms with van der Waals surface area (Å²) >= 11 is -0.817. The van der Waals surface area contributed by atoms with E-state index in [9.17, 15) is 4.55 Å². The quantitative estimate of drug-likeness (QED) is 0.245. The summed E-state index contributed by atoms with van der Waals surface area (Å²) in [5.74, 6) is 1.21. The van der Waals surface area contributed by atoms with Crippen molar-refractivity contribution < 1.29 is 9.66 Å². The number of hydrogen-bond acceptors (Lipinski definition) is 2. The summed E-state index contributed by atoms with van der Waals surface area (Å²) in [6, 6.07) is 0. The fourth-order valence-electron chi connectivity index (χ4n) is 2.99. The molecule has 0 saturated heterocycles. The van der Waals surface area contributed by atoms with E-state index in [1.54, 1.807) is 6.92 Å². The molecular formula is C20H42O2S. The zero-order valence-corrected chi connectivity index (χ0v) is 16.7. The van der Waals surface area contributed by atoms with Gasteiger partial charge in [-0.15, -0.1) is 0 Å². The minimum Gasteiger partial charge on any atom is -0.616 e. The van der Waals surface area contributed by atoms with E-state index in [1.165, 1.54) is 89.9 Å². The van der Waals surface area contributed by atoms with Crippen molar-refractivity contribution in [3.05, 3.63) is 0 Å². The SMILES string of the molecule is CCCCCCCCCCCCCCCCC[S+]([O-])CC(C)O. The van der Waals surface area contributed by atoms with Crippen LogP contribution in [0.15, 0.2) is 0 Å². The Labute approximate surface area is 149 Å². The van der Waals surface area contributed by atoms with Crippen molar-refractivity contribution in [1.29, 1.82) is 0 Å². The second-order valence-electron chi connectivity index (χ2n) is 7.11. The summed E-state index contributed by atoms with van der Waals surface area (Å²) < 4.78 is 11.5. The molecule has 0 aromatic heterocycles. The van der Waals surface area contributed by atoms with Crippen LogP contribution >= 0.6 is 0 Å². The molecule has 0 rings (SSSR count). The van der Waals surface area contributed by atoms with Crippen LogP contribution in [0.3, 0.4) is 0 Å². The maximum Gasteiger partial charge on any atom is 0.131 e. The molecule has 0 bridgehead atoms. The van der Waals surface area contributed by atoms with E-state index in [1.807, 2.05) is 0 Å². The second-order valence-corrected chi connectivity index (χ2v) is 8.73. The normalized spacial score (nSPS) is 14.1. The van der Waals surface area contributed by atoms with Gasteiger partial charge in [0.2, 0.25) is 0 Å². The Bertz CT molecular complexity index is 222. The first-order chi connectivity index (χ1) is 11.2. The number of unbranched alkanes of at least 4 members (excludes halogenated alkanes) is 14. The summed E-state index contributed by atoms with van der Waals surface area (Å²) in [6.45, 7) is 3.99. The molecule has 140 valence electrons. The van der Waals surface area contributed by atoms with Gasteiger partial charge in [0.15, 0.2) is 0 Å². The van der Waals surface area contributed by atoms with Crippen molar-refractivity contribution in [3.8, 4) is 0 Å². The van der Waals surface area contributed by atoms with Crippen LogP contribution < -0.4 is 0 Å². The fraction of sp³-hybridized carbons (Fsp3) is 1.00. The van der Waals surface area contributed by atoms with Crippen LogP contribution in [0.4, 0.5) is 0 Å². The lowest BCUT2D eigenvalue weighted by molar-refractivity contribution is 0.218. The molecule has 0 spiro atoms. The minimum atomic E-state index is -0.817. The smallest absolute Gasteiger partial charge is 0.131 e. The molecule has 0 aliphatic carbocycles. The fourth-order valence-corrected chi connectivity index (χ4v) is 4.22. The number of rotatable bonds is 18. The van der Waals surface area contributed by atoms with Crippen molar-refractivity contribution in [2.45, 2.75) is 116 Å². The lowest BCUT2D eigenvalue weighted by Gasteiger charge is -2.12. The summed E-state index contributed by atoms with van der Waals surface area (Å²) in [6.07, 6.45) is 20.0. The minimum absolute atomic E-state index is 0.424. The first-order valence-electron chi connectivity index (χ1n) is 10.2. The average Bonchev–Trinajstić information content (AvgIpc) is 2.50. The van der Waals surface area contributed by atoms with Gasteiger partial charge in [-0.2, -0.15) is 0 Å². The molecule has 0 saturated carbocycles. The molecule has 0 heterocycles. The third-order valence-corrected chi connectivity index (χ3v) is 6.00. The van der Waals surface area contributed by atoms with Gasteiger partial charge in [0, 0.05) is 0 Å². The van der Waals surface area contributed by atoms with Gasteiger partial charge in [0.05, 0.1) is 6.10 Å². The summed E-state index contributed by atoms with van der Waals surface area (Å²) in [5.41, 5.74) is 0. The van der Waals surface area contributed by atoms with Crippen LogP contribution in [0.2, 0.25) is 0 Å². The van der Waals surface area contributed by atoms with Crippen LogP contribution in [-0.4, -0.2) is 27.3 Å². The standard InChI is InChI=1S/C20H42O2S/c1-3-4-5-6-7-8-9-10-11-12-13-14-15-16-17-18-23(22)19-20(2)21/h20-21H,3-19H2,1-2H3. The van der Waals surface area contributed by atoms with E-state index >= 15 is 0 Å². The maximum absolute atomic E-state index is 11.5. The first-order valence-corrected chi connectivity index (χ1v) is 11.7. The van der Waals surface area contributed by atoms with E-state index in [4.69, 9.17) is 5.11 Å². The van der Waals surface area contributed by atoms with Gasteiger partial charge in [-0.05, 0) is 19.8 Å². The topological polar surface area (TPSA) is 43.3 Å². The van der Waals surface area contributed by atoms with E-state index in [-0.39, 0.29) is 0 Å². The largest absolute Gasteiger partial charge is 0.616 e. The summed E-state index contributed by atoms with van der Waals surface area (Å²) in [4.78, 5) is 0. The van der Waals surface area contributed by atoms with Gasteiger partial charge in [0.1, 0.15) is 11.5 Å². The first kappa shape index (κ1) is 23.3. The highest BCUT2D eigenvalue weighted by atomic mass is 32.2. The van der Waals surface area contributed by atoms with Crippen molar-refractivity contribution in [2.75, 3.05) is 11.5 Å². The summed E-state index contributed by atoms with van der Waals surface area (Å²) in [5, 5.41) is 9.16. The molecule has 0 aliphatic rings. The Balaban J connectivity index is 3.05. The zero-order valence-electron chi connectivity index (χ0n) is 15.9. The molecule has 23 heavy (non-hydrogen) atoms. The zero-order chi connectivity index (χ0) is 17.2. The van der Waals surface area contributed by atoms with Crippen LogP contribution in [0.1, 0.15) is 110 Å². The Morgan fingerprint density at radius 3 is 1.39 bits per heavy atom. The van der Waals surface area contributed by atoms with Crippen LogP contribution in [-0.2, 0) is 11.2 Å². The highest BCUT2D eigenvalue weighted by Crippen LogP contribution is 2.13. The molecule has 0 fully saturated rings. The lowest BCUT2D eigenvalue weighted by atomic mass is 10.0. The molecule has 0 aromatic carbocycles. The van der Waals surface area contributed by atoms with Crippen LogP contribution in [0, 0.1) is 0 Å². The predicted octanol–water partition coefficient (Wildman–Crippen LogP) is 5.99. The molecule has 1 N–H and O–H groups in total. The van der Waals surface area contributed by atoms with Gasteiger partial charge in [-0.1, -0.05) is 102 Å². The molecular weight excluding hydrogens is 304 g/mol. The molecule has 0 radical (unpaired) electrons. The van der Waals surface area contributed by atoms with Crippen molar-refractivity contribution in [3.63, 3.8) is 0 Å². The van der Waals surface area contributed by atoms with Crippen molar-refractivity contribution in [1.82, 2.24) is 0 Å². The van der Waals surface area contributed by atoms with E-state index in [0.29, 0.717) is 5.75 Å². The van der Waals surface area contributed by atoms with Crippen LogP contribution in [0.5, 0.6) is 0 Å². The molecule has 0 aromatic rings. The van der Waals surface area contributed by atoms with Gasteiger partial charge in [0.25, 0.3) is 0 Å². The average molecular weight is 347 g/mol. The molecule has 0 amide bonds. The molecule has 3 heteroatoms. The Kier molecular flexibility index (Phi) is 18.8. The van der Waals surface area contributed by atoms with Gasteiger partial charge >= 0.3 is 0 Å². The highest BCUT2D eigenvalue weighted by molar-refractivity contribution is 7.91. The molecule has 2 unspecified atom stereocenters.